The second-order valence-electron chi connectivity index (χ2n) is 5.97. The Hall–Kier alpha value is -2.67. The molecule has 3 rings (SSSR count). The molecule has 25 heavy (non-hydrogen) atoms. The maximum Gasteiger partial charge on any atom is 0.229 e. The van der Waals surface area contributed by atoms with E-state index >= 15 is 0 Å². The molecule has 0 bridgehead atoms. The highest BCUT2D eigenvalue weighted by molar-refractivity contribution is 5.93. The van der Waals surface area contributed by atoms with Crippen molar-refractivity contribution in [3.8, 4) is 0 Å². The van der Waals surface area contributed by atoms with Gasteiger partial charge in [0.1, 0.15) is 17.5 Å². The number of ether oxygens (including phenoxy) is 1. The van der Waals surface area contributed by atoms with Crippen LogP contribution in [0.25, 0.3) is 0 Å². The summed E-state index contributed by atoms with van der Waals surface area (Å²) in [6.45, 7) is 5.85. The lowest BCUT2D eigenvalue weighted by Crippen LogP contribution is -2.22. The number of benzene rings is 1. The number of aromatic nitrogens is 2. The molecule has 7 heteroatoms. The van der Waals surface area contributed by atoms with E-state index in [9.17, 15) is 4.79 Å². The molecular weight excluding hydrogens is 318 g/mol. The van der Waals surface area contributed by atoms with Crippen LogP contribution in [0.5, 0.6) is 0 Å². The normalized spacial score (nSPS) is 16.5. The summed E-state index contributed by atoms with van der Waals surface area (Å²) < 4.78 is 5.25. The summed E-state index contributed by atoms with van der Waals surface area (Å²) in [7, 11) is 0. The Morgan fingerprint density at radius 3 is 2.60 bits per heavy atom. The third-order valence-corrected chi connectivity index (χ3v) is 3.92. The Morgan fingerprint density at radius 1 is 1.20 bits per heavy atom. The smallest absolute Gasteiger partial charge is 0.229 e. The van der Waals surface area contributed by atoms with Crippen LogP contribution in [0.15, 0.2) is 30.3 Å². The van der Waals surface area contributed by atoms with Crippen LogP contribution in [-0.2, 0) is 9.53 Å². The highest BCUT2D eigenvalue weighted by Crippen LogP contribution is 2.21. The molecule has 1 saturated heterocycles. The number of aryl methyl sites for hydroxylation is 1. The molecule has 7 nitrogen and oxygen atoms in total. The van der Waals surface area contributed by atoms with Crippen LogP contribution in [0.4, 0.5) is 23.0 Å². The van der Waals surface area contributed by atoms with Gasteiger partial charge in [0, 0.05) is 30.6 Å². The zero-order valence-electron chi connectivity index (χ0n) is 14.5. The molecule has 0 aliphatic carbocycles. The molecule has 1 fully saturated rings. The van der Waals surface area contributed by atoms with Gasteiger partial charge in [-0.3, -0.25) is 4.79 Å². The summed E-state index contributed by atoms with van der Waals surface area (Å²) in [5.74, 6) is 2.18. The van der Waals surface area contributed by atoms with Gasteiger partial charge >= 0.3 is 0 Å². The second-order valence-corrected chi connectivity index (χ2v) is 5.97. The molecule has 1 unspecified atom stereocenters. The fraction of sp³-hybridized carbons (Fsp3) is 0.389. The first-order valence-corrected chi connectivity index (χ1v) is 8.49. The lowest BCUT2D eigenvalue weighted by molar-refractivity contribution is -0.119. The van der Waals surface area contributed by atoms with Crippen LogP contribution in [0.3, 0.4) is 0 Å². The fourth-order valence-corrected chi connectivity index (χ4v) is 2.67. The SMILES string of the molecule is CCNc1cc(Nc2ccc(NC(=O)C3CCOC3)cc2)nc(C)n1. The van der Waals surface area contributed by atoms with Gasteiger partial charge in [0.15, 0.2) is 0 Å². The first kappa shape index (κ1) is 17.2. The van der Waals surface area contributed by atoms with Crippen molar-refractivity contribution in [3.05, 3.63) is 36.2 Å². The highest BCUT2D eigenvalue weighted by Gasteiger charge is 2.23. The van der Waals surface area contributed by atoms with E-state index in [2.05, 4.69) is 25.9 Å². The third kappa shape index (κ3) is 4.67. The van der Waals surface area contributed by atoms with E-state index in [1.54, 1.807) is 0 Å². The Kier molecular flexibility index (Phi) is 5.45. The zero-order chi connectivity index (χ0) is 17.6. The number of nitrogens with one attached hydrogen (secondary N) is 3. The van der Waals surface area contributed by atoms with Gasteiger partial charge in [-0.05, 0) is 44.5 Å². The van der Waals surface area contributed by atoms with Crippen molar-refractivity contribution in [3.63, 3.8) is 0 Å². The molecule has 1 aromatic carbocycles. The fourth-order valence-electron chi connectivity index (χ4n) is 2.67. The van der Waals surface area contributed by atoms with Gasteiger partial charge in [-0.25, -0.2) is 9.97 Å². The number of anilines is 4. The van der Waals surface area contributed by atoms with E-state index in [4.69, 9.17) is 4.74 Å². The summed E-state index contributed by atoms with van der Waals surface area (Å²) in [6.07, 6.45) is 0.784. The molecule has 0 saturated carbocycles. The lowest BCUT2D eigenvalue weighted by Gasteiger charge is -2.11. The van der Waals surface area contributed by atoms with Crippen LogP contribution in [0, 0.1) is 12.8 Å². The van der Waals surface area contributed by atoms with E-state index in [1.165, 1.54) is 0 Å². The predicted octanol–water partition coefficient (Wildman–Crippen LogP) is 2.94. The maximum atomic E-state index is 12.1. The van der Waals surface area contributed by atoms with Gasteiger partial charge in [0.25, 0.3) is 0 Å². The van der Waals surface area contributed by atoms with Crippen molar-refractivity contribution >= 4 is 28.9 Å². The van der Waals surface area contributed by atoms with Gasteiger partial charge in [-0.15, -0.1) is 0 Å². The van der Waals surface area contributed by atoms with Crippen molar-refractivity contribution < 1.29 is 9.53 Å². The first-order valence-electron chi connectivity index (χ1n) is 8.49. The summed E-state index contributed by atoms with van der Waals surface area (Å²) in [6, 6.07) is 9.42. The van der Waals surface area contributed by atoms with E-state index in [0.29, 0.717) is 19.0 Å². The number of carbonyl (C=O) groups is 1. The molecule has 0 spiro atoms. The van der Waals surface area contributed by atoms with Crippen molar-refractivity contribution in [1.29, 1.82) is 0 Å². The van der Waals surface area contributed by atoms with Crippen molar-refractivity contribution in [2.45, 2.75) is 20.3 Å². The van der Waals surface area contributed by atoms with Gasteiger partial charge < -0.3 is 20.7 Å². The number of hydrogen-bond acceptors (Lipinski definition) is 6. The summed E-state index contributed by atoms with van der Waals surface area (Å²) in [5.41, 5.74) is 1.66. The molecule has 0 radical (unpaired) electrons. The molecule has 1 amide bonds. The molecular formula is C18H23N5O2. The van der Waals surface area contributed by atoms with Crippen LogP contribution < -0.4 is 16.0 Å². The molecule has 1 aliphatic rings. The summed E-state index contributed by atoms with van der Waals surface area (Å²) in [4.78, 5) is 20.8. The Balaban J connectivity index is 1.63. The van der Waals surface area contributed by atoms with Crippen LogP contribution in [0.2, 0.25) is 0 Å². The number of carbonyl (C=O) groups excluding carboxylic acids is 1. The number of rotatable bonds is 6. The third-order valence-electron chi connectivity index (χ3n) is 3.92. The van der Waals surface area contributed by atoms with Crippen molar-refractivity contribution in [1.82, 2.24) is 9.97 Å². The van der Waals surface area contributed by atoms with Gasteiger partial charge in [0.05, 0.1) is 12.5 Å². The predicted molar refractivity (Wildman–Crippen MR) is 98.2 cm³/mol. The Labute approximate surface area is 147 Å². The maximum absolute atomic E-state index is 12.1. The zero-order valence-corrected chi connectivity index (χ0v) is 14.5. The van der Waals surface area contributed by atoms with E-state index in [-0.39, 0.29) is 11.8 Å². The molecule has 132 valence electrons. The topological polar surface area (TPSA) is 88.2 Å². The largest absolute Gasteiger partial charge is 0.381 e. The average Bonchev–Trinajstić information content (AvgIpc) is 3.11. The highest BCUT2D eigenvalue weighted by atomic mass is 16.5. The van der Waals surface area contributed by atoms with Crippen LogP contribution in [-0.4, -0.2) is 35.6 Å². The summed E-state index contributed by atoms with van der Waals surface area (Å²) >= 11 is 0. The van der Waals surface area contributed by atoms with E-state index < -0.39 is 0 Å². The number of nitrogens with zero attached hydrogens (tertiary/aromatic N) is 2. The molecule has 1 aliphatic heterocycles. The molecule has 3 N–H and O–H groups in total. The average molecular weight is 341 g/mol. The molecule has 2 heterocycles. The standard InChI is InChI=1S/C18H23N5O2/c1-3-19-16-10-17(21-12(2)20-16)22-14-4-6-15(7-5-14)23-18(24)13-8-9-25-11-13/h4-7,10,13H,3,8-9,11H2,1-2H3,(H,23,24)(H2,19,20,21,22). The molecule has 1 aromatic heterocycles. The van der Waals surface area contributed by atoms with Crippen molar-refractivity contribution in [2.75, 3.05) is 35.7 Å². The van der Waals surface area contributed by atoms with E-state index in [1.807, 2.05) is 44.2 Å². The second kappa shape index (κ2) is 7.94. The number of amides is 1. The van der Waals surface area contributed by atoms with Gasteiger partial charge in [-0.1, -0.05) is 0 Å². The minimum Gasteiger partial charge on any atom is -0.381 e. The van der Waals surface area contributed by atoms with Gasteiger partial charge in [0.2, 0.25) is 5.91 Å². The first-order chi connectivity index (χ1) is 12.1. The van der Waals surface area contributed by atoms with Crippen LogP contribution in [0.1, 0.15) is 19.2 Å². The van der Waals surface area contributed by atoms with Crippen molar-refractivity contribution in [2.24, 2.45) is 5.92 Å². The number of hydrogen-bond donors (Lipinski definition) is 3. The van der Waals surface area contributed by atoms with E-state index in [0.717, 1.165) is 36.0 Å². The summed E-state index contributed by atoms with van der Waals surface area (Å²) in [5, 5.41) is 9.37. The minimum atomic E-state index is -0.0497. The lowest BCUT2D eigenvalue weighted by atomic mass is 10.1. The molecule has 2 aromatic rings. The Morgan fingerprint density at radius 2 is 1.92 bits per heavy atom. The molecule has 1 atom stereocenters. The van der Waals surface area contributed by atoms with Gasteiger partial charge in [-0.2, -0.15) is 0 Å². The minimum absolute atomic E-state index is 0.0138. The Bertz CT molecular complexity index is 727. The monoisotopic (exact) mass is 341 g/mol. The van der Waals surface area contributed by atoms with Crippen LogP contribution >= 0.6 is 0 Å². The quantitative estimate of drug-likeness (QED) is 0.749.